The van der Waals surface area contributed by atoms with Crippen LogP contribution in [0.25, 0.3) is 132 Å². The lowest BCUT2D eigenvalue weighted by Crippen LogP contribution is -2.00. The summed E-state index contributed by atoms with van der Waals surface area (Å²) < 4.78 is 2.43. The molecule has 13 rings (SSSR count). The maximum Gasteiger partial charge on any atom is 0.164 e. The molecule has 69 heavy (non-hydrogen) atoms. The Balaban J connectivity index is 0.932. The van der Waals surface area contributed by atoms with Crippen LogP contribution in [-0.4, -0.2) is 15.0 Å². The maximum atomic E-state index is 5.26. The first-order valence-electron chi connectivity index (χ1n) is 23.3. The molecule has 0 unspecified atom stereocenters. The number of benzene rings is 11. The van der Waals surface area contributed by atoms with E-state index in [1.54, 1.807) is 0 Å². The van der Waals surface area contributed by atoms with Crippen LogP contribution in [0.1, 0.15) is 0 Å². The number of thiophene rings is 1. The smallest absolute Gasteiger partial charge is 0.164 e. The minimum atomic E-state index is 0.626. The highest BCUT2D eigenvalue weighted by molar-refractivity contribution is 7.26. The fourth-order valence-electron chi connectivity index (χ4n) is 9.91. The molecule has 0 aliphatic rings. The van der Waals surface area contributed by atoms with Gasteiger partial charge in [0.05, 0.1) is 0 Å². The van der Waals surface area contributed by atoms with E-state index in [-0.39, 0.29) is 0 Å². The van der Waals surface area contributed by atoms with Crippen molar-refractivity contribution >= 4 is 53.1 Å². The Kier molecular flexibility index (Phi) is 10.0. The summed E-state index contributed by atoms with van der Waals surface area (Å²) in [7, 11) is 0. The summed E-state index contributed by atoms with van der Waals surface area (Å²) in [6.07, 6.45) is 0. The van der Waals surface area contributed by atoms with E-state index in [9.17, 15) is 0 Å². The van der Waals surface area contributed by atoms with Crippen LogP contribution in [0.4, 0.5) is 0 Å². The van der Waals surface area contributed by atoms with Gasteiger partial charge in [0.1, 0.15) is 0 Å². The second-order valence-electron chi connectivity index (χ2n) is 17.5. The standard InChI is InChI=1S/C65H41N3S/c1-5-17-42(18-6-1)51-38-59(45-21-9-3-10-22-45)62-57-34-32-50(40-60(57)69-61(62)41-51)65-67-63(46-24-11-4-12-25-46)66-64(68-65)49-28-15-27-47(35-49)48-31-33-56-52(36-48)37-53(39-58(56)44-19-7-2-8-20-44)55-30-16-26-43-23-13-14-29-54(43)55/h1-41H. The first-order chi connectivity index (χ1) is 34.2. The van der Waals surface area contributed by atoms with Gasteiger partial charge in [0.15, 0.2) is 17.5 Å². The average Bonchev–Trinajstić information content (AvgIpc) is 3.81. The monoisotopic (exact) mass is 895 g/mol. The fraction of sp³-hybridized carbons (Fsp3) is 0. The molecule has 322 valence electrons. The third-order valence-electron chi connectivity index (χ3n) is 13.3. The lowest BCUT2D eigenvalue weighted by molar-refractivity contribution is 1.07. The maximum absolute atomic E-state index is 5.26. The van der Waals surface area contributed by atoms with Gasteiger partial charge in [-0.15, -0.1) is 11.3 Å². The Bertz CT molecular complexity index is 4050. The lowest BCUT2D eigenvalue weighted by Gasteiger charge is -2.14. The molecule has 0 saturated carbocycles. The van der Waals surface area contributed by atoms with Gasteiger partial charge in [-0.1, -0.05) is 206 Å². The van der Waals surface area contributed by atoms with Gasteiger partial charge in [-0.25, -0.2) is 15.0 Å². The van der Waals surface area contributed by atoms with Gasteiger partial charge in [-0.05, 0) is 120 Å². The highest BCUT2D eigenvalue weighted by Gasteiger charge is 2.18. The molecule has 0 N–H and O–H groups in total. The van der Waals surface area contributed by atoms with Crippen LogP contribution >= 0.6 is 11.3 Å². The van der Waals surface area contributed by atoms with E-state index in [4.69, 9.17) is 15.0 Å². The van der Waals surface area contributed by atoms with Crippen LogP contribution in [0.5, 0.6) is 0 Å². The zero-order valence-corrected chi connectivity index (χ0v) is 38.2. The molecule has 4 heteroatoms. The second-order valence-corrected chi connectivity index (χ2v) is 18.6. The Morgan fingerprint density at radius 2 is 0.710 bits per heavy atom. The molecule has 0 saturated heterocycles. The molecule has 3 nitrogen and oxygen atoms in total. The number of hydrogen-bond donors (Lipinski definition) is 0. The number of nitrogens with zero attached hydrogens (tertiary/aromatic N) is 3. The molecule has 0 aliphatic carbocycles. The van der Waals surface area contributed by atoms with Crippen LogP contribution < -0.4 is 0 Å². The van der Waals surface area contributed by atoms with Gasteiger partial charge in [-0.3, -0.25) is 0 Å². The van der Waals surface area contributed by atoms with Gasteiger partial charge >= 0.3 is 0 Å². The van der Waals surface area contributed by atoms with Crippen molar-refractivity contribution in [2.24, 2.45) is 0 Å². The Labute approximate surface area is 404 Å². The zero-order chi connectivity index (χ0) is 45.7. The molecule has 0 bridgehead atoms. The highest BCUT2D eigenvalue weighted by Crippen LogP contribution is 2.44. The predicted molar refractivity (Wildman–Crippen MR) is 291 cm³/mol. The summed E-state index contributed by atoms with van der Waals surface area (Å²) in [5.41, 5.74) is 14.7. The van der Waals surface area contributed by atoms with Gasteiger partial charge in [-0.2, -0.15) is 0 Å². The molecule has 0 fully saturated rings. The highest BCUT2D eigenvalue weighted by atomic mass is 32.1. The summed E-state index contributed by atoms with van der Waals surface area (Å²) in [6.45, 7) is 0. The molecule has 2 heterocycles. The van der Waals surface area contributed by atoms with E-state index >= 15 is 0 Å². The topological polar surface area (TPSA) is 38.7 Å². The van der Waals surface area contributed by atoms with Crippen molar-refractivity contribution in [2.45, 2.75) is 0 Å². The summed E-state index contributed by atoms with van der Waals surface area (Å²) >= 11 is 1.82. The van der Waals surface area contributed by atoms with Crippen LogP contribution in [0, 0.1) is 0 Å². The SMILES string of the molecule is c1ccc(-c2cc(-c3ccccc3)c3c(c2)sc2cc(-c4nc(-c5ccccc5)nc(-c5cccc(-c6ccc7c(-c8ccccc8)cc(-c8cccc9ccccc89)cc7c6)c5)n4)ccc23)cc1. The number of hydrogen-bond acceptors (Lipinski definition) is 4. The summed E-state index contributed by atoms with van der Waals surface area (Å²) in [4.78, 5) is 15.6. The molecular weight excluding hydrogens is 855 g/mol. The van der Waals surface area contributed by atoms with Crippen molar-refractivity contribution in [1.29, 1.82) is 0 Å². The predicted octanol–water partition coefficient (Wildman–Crippen LogP) is 17.9. The van der Waals surface area contributed by atoms with Crippen molar-refractivity contribution in [1.82, 2.24) is 15.0 Å². The third-order valence-corrected chi connectivity index (χ3v) is 14.4. The van der Waals surface area contributed by atoms with Crippen molar-refractivity contribution in [2.75, 3.05) is 0 Å². The molecular formula is C65H41N3S. The Morgan fingerprint density at radius 3 is 1.45 bits per heavy atom. The van der Waals surface area contributed by atoms with E-state index in [1.165, 1.54) is 86.2 Å². The van der Waals surface area contributed by atoms with Crippen LogP contribution in [-0.2, 0) is 0 Å². The molecule has 2 aromatic heterocycles. The van der Waals surface area contributed by atoms with Crippen molar-refractivity contribution in [3.05, 3.63) is 249 Å². The van der Waals surface area contributed by atoms with Gasteiger partial charge in [0.2, 0.25) is 0 Å². The van der Waals surface area contributed by atoms with E-state index in [0.717, 1.165) is 27.8 Å². The third kappa shape index (κ3) is 7.54. The van der Waals surface area contributed by atoms with E-state index < -0.39 is 0 Å². The van der Waals surface area contributed by atoms with Crippen molar-refractivity contribution < 1.29 is 0 Å². The molecule has 0 atom stereocenters. The summed E-state index contributed by atoms with van der Waals surface area (Å²) in [5, 5.41) is 7.35. The summed E-state index contributed by atoms with van der Waals surface area (Å²) in [5.74, 6) is 1.90. The van der Waals surface area contributed by atoms with E-state index in [1.807, 2.05) is 29.5 Å². The number of aromatic nitrogens is 3. The van der Waals surface area contributed by atoms with Crippen molar-refractivity contribution in [3.63, 3.8) is 0 Å². The normalized spacial score (nSPS) is 11.5. The quantitative estimate of drug-likeness (QED) is 0.153. The molecule has 0 spiro atoms. The largest absolute Gasteiger partial charge is 0.208 e. The van der Waals surface area contributed by atoms with Gasteiger partial charge < -0.3 is 0 Å². The number of fused-ring (bicyclic) bond motifs is 5. The fourth-order valence-corrected chi connectivity index (χ4v) is 11.1. The van der Waals surface area contributed by atoms with E-state index in [2.05, 4.69) is 231 Å². The number of rotatable bonds is 8. The molecule has 0 amide bonds. The van der Waals surface area contributed by atoms with Gasteiger partial charge in [0.25, 0.3) is 0 Å². The van der Waals surface area contributed by atoms with Crippen LogP contribution in [0.2, 0.25) is 0 Å². The molecule has 11 aromatic carbocycles. The zero-order valence-electron chi connectivity index (χ0n) is 37.4. The van der Waals surface area contributed by atoms with Gasteiger partial charge in [0, 0.05) is 36.9 Å². The van der Waals surface area contributed by atoms with Crippen LogP contribution in [0.15, 0.2) is 249 Å². The molecule has 0 radical (unpaired) electrons. The Morgan fingerprint density at radius 1 is 0.232 bits per heavy atom. The van der Waals surface area contributed by atoms with Crippen molar-refractivity contribution in [3.8, 4) is 89.8 Å². The average molecular weight is 896 g/mol. The minimum absolute atomic E-state index is 0.626. The van der Waals surface area contributed by atoms with E-state index in [0.29, 0.717) is 17.5 Å². The first-order valence-corrected chi connectivity index (χ1v) is 24.1. The van der Waals surface area contributed by atoms with Crippen LogP contribution in [0.3, 0.4) is 0 Å². The molecule has 0 aliphatic heterocycles. The molecule has 13 aromatic rings. The second kappa shape index (κ2) is 17.1. The lowest BCUT2D eigenvalue weighted by atomic mass is 9.89. The Hall–Kier alpha value is -8.83. The first kappa shape index (κ1) is 40.4. The summed E-state index contributed by atoms with van der Waals surface area (Å²) in [6, 6.07) is 89.1. The minimum Gasteiger partial charge on any atom is -0.208 e.